The number of nitrogens with zero attached hydrogens (tertiary/aromatic N) is 1. The molecule has 0 saturated carbocycles. The van der Waals surface area contributed by atoms with Gasteiger partial charge in [0.2, 0.25) is 0 Å². The number of hydrogen-bond donors (Lipinski definition) is 1. The van der Waals surface area contributed by atoms with E-state index in [1.807, 2.05) is 24.3 Å². The van der Waals surface area contributed by atoms with E-state index >= 15 is 0 Å². The maximum absolute atomic E-state index is 5.51. The van der Waals surface area contributed by atoms with E-state index in [1.54, 1.807) is 0 Å². The minimum absolute atomic E-state index is 0.597. The number of nitrogens with two attached hydrogens (primary N) is 1. The molecule has 0 fully saturated rings. The van der Waals surface area contributed by atoms with E-state index in [2.05, 4.69) is 9.68 Å². The Kier molecular flexibility index (Phi) is 2.99. The Labute approximate surface area is 87.6 Å². The molecular formula is C11H12N2O2. The Bertz CT molecular complexity index is 412. The van der Waals surface area contributed by atoms with Crippen molar-refractivity contribution in [1.82, 2.24) is 5.16 Å². The van der Waals surface area contributed by atoms with Gasteiger partial charge in [-0.15, -0.1) is 0 Å². The van der Waals surface area contributed by atoms with Gasteiger partial charge in [0.15, 0.2) is 12.0 Å². The fourth-order valence-corrected chi connectivity index (χ4v) is 1.31. The van der Waals surface area contributed by atoms with Crippen LogP contribution in [0.5, 0.6) is 11.5 Å². The van der Waals surface area contributed by atoms with Crippen LogP contribution in [0.15, 0.2) is 41.2 Å². The molecule has 1 heterocycles. The largest absolute Gasteiger partial charge is 0.452 e. The van der Waals surface area contributed by atoms with Crippen molar-refractivity contribution in [1.29, 1.82) is 0 Å². The van der Waals surface area contributed by atoms with Crippen molar-refractivity contribution in [3.05, 3.63) is 42.3 Å². The van der Waals surface area contributed by atoms with E-state index in [4.69, 9.17) is 10.5 Å². The molecular weight excluding hydrogens is 192 g/mol. The summed E-state index contributed by atoms with van der Waals surface area (Å²) in [7, 11) is 0. The first-order chi connectivity index (χ1) is 7.38. The number of aromatic nitrogens is 1. The summed E-state index contributed by atoms with van der Waals surface area (Å²) in [5.74, 6) is 1.36. The van der Waals surface area contributed by atoms with Crippen LogP contribution < -0.4 is 10.5 Å². The lowest BCUT2D eigenvalue weighted by molar-refractivity contribution is 0.410. The van der Waals surface area contributed by atoms with Gasteiger partial charge in [-0.05, 0) is 30.7 Å². The summed E-state index contributed by atoms with van der Waals surface area (Å²) in [5, 5.41) is 3.56. The molecule has 2 aromatic rings. The summed E-state index contributed by atoms with van der Waals surface area (Å²) in [5.41, 5.74) is 6.64. The minimum atomic E-state index is 0.597. The van der Waals surface area contributed by atoms with E-state index in [-0.39, 0.29) is 0 Å². The van der Waals surface area contributed by atoms with Crippen molar-refractivity contribution in [2.24, 2.45) is 5.73 Å². The molecule has 0 bridgehead atoms. The van der Waals surface area contributed by atoms with Crippen LogP contribution in [0.1, 0.15) is 5.56 Å². The maximum atomic E-state index is 5.51. The fourth-order valence-electron chi connectivity index (χ4n) is 1.31. The first-order valence-electron chi connectivity index (χ1n) is 4.75. The lowest BCUT2D eigenvalue weighted by Crippen LogP contribution is -2.02. The van der Waals surface area contributed by atoms with E-state index in [0.29, 0.717) is 12.3 Å². The van der Waals surface area contributed by atoms with Crippen LogP contribution in [0.25, 0.3) is 0 Å². The third-order valence-electron chi connectivity index (χ3n) is 1.98. The van der Waals surface area contributed by atoms with E-state index in [1.165, 1.54) is 12.5 Å². The monoisotopic (exact) mass is 204 g/mol. The lowest BCUT2D eigenvalue weighted by atomic mass is 10.1. The van der Waals surface area contributed by atoms with Crippen molar-refractivity contribution >= 4 is 0 Å². The summed E-state index contributed by atoms with van der Waals surface area (Å²) < 4.78 is 10.2. The van der Waals surface area contributed by atoms with Crippen LogP contribution in [0, 0.1) is 0 Å². The highest BCUT2D eigenvalue weighted by atomic mass is 16.5. The highest BCUT2D eigenvalue weighted by Crippen LogP contribution is 2.21. The van der Waals surface area contributed by atoms with Crippen molar-refractivity contribution in [3.8, 4) is 11.5 Å². The fraction of sp³-hybridized carbons (Fsp3) is 0.182. The van der Waals surface area contributed by atoms with Crippen molar-refractivity contribution in [2.45, 2.75) is 6.42 Å². The second-order valence-corrected chi connectivity index (χ2v) is 3.15. The molecule has 4 heteroatoms. The smallest absolute Gasteiger partial charge is 0.186 e. The maximum Gasteiger partial charge on any atom is 0.186 e. The first kappa shape index (κ1) is 9.73. The number of hydrogen-bond acceptors (Lipinski definition) is 4. The van der Waals surface area contributed by atoms with Crippen molar-refractivity contribution in [3.63, 3.8) is 0 Å². The molecule has 2 rings (SSSR count). The van der Waals surface area contributed by atoms with Gasteiger partial charge in [0.05, 0.1) is 0 Å². The normalized spacial score (nSPS) is 10.2. The third-order valence-corrected chi connectivity index (χ3v) is 1.98. The molecule has 0 unspecified atom stereocenters. The lowest BCUT2D eigenvalue weighted by Gasteiger charge is -2.04. The molecule has 0 saturated heterocycles. The van der Waals surface area contributed by atoms with Gasteiger partial charge in [0, 0.05) is 0 Å². The zero-order valence-electron chi connectivity index (χ0n) is 8.22. The van der Waals surface area contributed by atoms with Crippen LogP contribution in [-0.2, 0) is 6.42 Å². The van der Waals surface area contributed by atoms with Crippen LogP contribution in [0.3, 0.4) is 0 Å². The Morgan fingerprint density at radius 2 is 2.27 bits per heavy atom. The molecule has 0 atom stereocenters. The van der Waals surface area contributed by atoms with Gasteiger partial charge in [-0.3, -0.25) is 0 Å². The zero-order chi connectivity index (χ0) is 10.5. The average Bonchev–Trinajstić information content (AvgIpc) is 2.71. The molecule has 0 aliphatic heterocycles. The molecule has 0 radical (unpaired) electrons. The quantitative estimate of drug-likeness (QED) is 0.827. The van der Waals surface area contributed by atoms with Gasteiger partial charge < -0.3 is 15.0 Å². The predicted molar refractivity (Wildman–Crippen MR) is 55.8 cm³/mol. The molecule has 78 valence electrons. The highest BCUT2D eigenvalue weighted by Gasteiger charge is 2.00. The van der Waals surface area contributed by atoms with Crippen molar-refractivity contribution in [2.75, 3.05) is 6.54 Å². The van der Waals surface area contributed by atoms with E-state index in [0.717, 1.165) is 17.7 Å². The number of rotatable bonds is 4. The summed E-state index contributed by atoms with van der Waals surface area (Å²) >= 11 is 0. The van der Waals surface area contributed by atoms with Gasteiger partial charge in [0.25, 0.3) is 0 Å². The van der Waals surface area contributed by atoms with Crippen LogP contribution in [-0.4, -0.2) is 11.7 Å². The number of ether oxygens (including phenoxy) is 1. The standard InChI is InChI=1S/C11H12N2O2/c12-5-4-9-2-1-3-10(6-9)15-11-7-13-14-8-11/h1-3,6-8H,4-5,12H2. The SMILES string of the molecule is NCCc1cccc(Oc2cnoc2)c1. The summed E-state index contributed by atoms with van der Waals surface area (Å²) in [6.07, 6.45) is 3.83. The molecule has 15 heavy (non-hydrogen) atoms. The molecule has 1 aromatic carbocycles. The van der Waals surface area contributed by atoms with Gasteiger partial charge in [-0.2, -0.15) is 0 Å². The van der Waals surface area contributed by atoms with Crippen molar-refractivity contribution < 1.29 is 9.26 Å². The van der Waals surface area contributed by atoms with Gasteiger partial charge in [-0.1, -0.05) is 17.3 Å². The average molecular weight is 204 g/mol. The predicted octanol–water partition coefficient (Wildman–Crippen LogP) is 1.97. The summed E-state index contributed by atoms with van der Waals surface area (Å²) in [6.45, 7) is 0.636. The topological polar surface area (TPSA) is 61.3 Å². The van der Waals surface area contributed by atoms with Crippen LogP contribution in [0.2, 0.25) is 0 Å². The Balaban J connectivity index is 2.11. The summed E-state index contributed by atoms with van der Waals surface area (Å²) in [4.78, 5) is 0. The second-order valence-electron chi connectivity index (χ2n) is 3.15. The van der Waals surface area contributed by atoms with Gasteiger partial charge >= 0.3 is 0 Å². The second kappa shape index (κ2) is 4.61. The molecule has 0 amide bonds. The molecule has 0 spiro atoms. The molecule has 2 N–H and O–H groups in total. The zero-order valence-corrected chi connectivity index (χ0v) is 8.22. The Morgan fingerprint density at radius 1 is 1.33 bits per heavy atom. The first-order valence-corrected chi connectivity index (χ1v) is 4.75. The highest BCUT2D eigenvalue weighted by molar-refractivity contribution is 5.32. The number of benzene rings is 1. The molecule has 4 nitrogen and oxygen atoms in total. The molecule has 0 aliphatic carbocycles. The van der Waals surface area contributed by atoms with Crippen LogP contribution >= 0.6 is 0 Å². The molecule has 1 aromatic heterocycles. The summed E-state index contributed by atoms with van der Waals surface area (Å²) in [6, 6.07) is 7.80. The van der Waals surface area contributed by atoms with E-state index < -0.39 is 0 Å². The Morgan fingerprint density at radius 3 is 3.00 bits per heavy atom. The van der Waals surface area contributed by atoms with Crippen LogP contribution in [0.4, 0.5) is 0 Å². The van der Waals surface area contributed by atoms with Gasteiger partial charge in [-0.25, -0.2) is 0 Å². The minimum Gasteiger partial charge on any atom is -0.452 e. The molecule has 0 aliphatic rings. The van der Waals surface area contributed by atoms with E-state index in [9.17, 15) is 0 Å². The Hall–Kier alpha value is -1.81. The van der Waals surface area contributed by atoms with Gasteiger partial charge in [0.1, 0.15) is 11.9 Å². The third kappa shape index (κ3) is 2.57.